The van der Waals surface area contributed by atoms with Crippen molar-refractivity contribution in [2.75, 3.05) is 20.6 Å². The van der Waals surface area contributed by atoms with Gasteiger partial charge < -0.3 is 10.2 Å². The zero-order valence-corrected chi connectivity index (χ0v) is 13.6. The molecule has 0 spiro atoms. The Hall–Kier alpha value is -2.54. The van der Waals surface area contributed by atoms with Gasteiger partial charge in [0, 0.05) is 31.1 Å². The van der Waals surface area contributed by atoms with Gasteiger partial charge in [0.2, 0.25) is 5.91 Å². The molecule has 1 atom stereocenters. The molecule has 23 heavy (non-hydrogen) atoms. The van der Waals surface area contributed by atoms with E-state index in [1.807, 2.05) is 12.1 Å². The molecule has 1 aliphatic rings. The van der Waals surface area contributed by atoms with Crippen molar-refractivity contribution in [3.63, 3.8) is 0 Å². The summed E-state index contributed by atoms with van der Waals surface area (Å²) in [5.41, 5.74) is 1.47. The average molecular weight is 310 g/mol. The molecule has 1 N–H and O–H groups in total. The van der Waals surface area contributed by atoms with Gasteiger partial charge in [0.1, 0.15) is 0 Å². The molecule has 2 rings (SSSR count). The van der Waals surface area contributed by atoms with E-state index in [1.54, 1.807) is 26.2 Å². The van der Waals surface area contributed by atoms with E-state index in [0.29, 0.717) is 12.1 Å². The summed E-state index contributed by atoms with van der Waals surface area (Å²) in [6, 6.07) is 7.16. The maximum absolute atomic E-state index is 11.9. The lowest BCUT2D eigenvalue weighted by Crippen LogP contribution is -2.31. The van der Waals surface area contributed by atoms with Gasteiger partial charge in [-0.15, -0.1) is 0 Å². The number of hydrogen-bond donors (Lipinski definition) is 1. The SMILES string of the molecule is CN(C)C(=O)c1ccc(C#CCNC(=O)C2CC=CCC2)cc1. The predicted molar refractivity (Wildman–Crippen MR) is 90.8 cm³/mol. The normalized spacial score (nSPS) is 16.2. The molecular weight excluding hydrogens is 288 g/mol. The van der Waals surface area contributed by atoms with Crippen LogP contribution in [0.2, 0.25) is 0 Å². The number of benzene rings is 1. The van der Waals surface area contributed by atoms with Gasteiger partial charge in [-0.25, -0.2) is 0 Å². The molecule has 0 radical (unpaired) electrons. The molecule has 0 saturated carbocycles. The van der Waals surface area contributed by atoms with Crippen molar-refractivity contribution < 1.29 is 9.59 Å². The summed E-state index contributed by atoms with van der Waals surface area (Å²) in [6.07, 6.45) is 6.89. The van der Waals surface area contributed by atoms with Gasteiger partial charge in [-0.1, -0.05) is 24.0 Å². The summed E-state index contributed by atoms with van der Waals surface area (Å²) in [7, 11) is 3.45. The van der Waals surface area contributed by atoms with Gasteiger partial charge in [0.15, 0.2) is 0 Å². The Morgan fingerprint density at radius 2 is 1.96 bits per heavy atom. The molecule has 120 valence electrons. The smallest absolute Gasteiger partial charge is 0.253 e. The minimum atomic E-state index is -0.0293. The van der Waals surface area contributed by atoms with Crippen LogP contribution in [0.1, 0.15) is 35.2 Å². The first-order valence-corrected chi connectivity index (χ1v) is 7.81. The first-order chi connectivity index (χ1) is 11.1. The van der Waals surface area contributed by atoms with Crippen molar-refractivity contribution in [1.82, 2.24) is 10.2 Å². The molecule has 0 saturated heterocycles. The number of rotatable bonds is 3. The highest BCUT2D eigenvalue weighted by Gasteiger charge is 2.17. The summed E-state index contributed by atoms with van der Waals surface area (Å²) < 4.78 is 0. The quantitative estimate of drug-likeness (QED) is 0.687. The molecule has 0 bridgehead atoms. The number of amides is 2. The second kappa shape index (κ2) is 8.19. The van der Waals surface area contributed by atoms with Gasteiger partial charge in [-0.2, -0.15) is 0 Å². The lowest BCUT2D eigenvalue weighted by Gasteiger charge is -2.16. The van der Waals surface area contributed by atoms with E-state index in [-0.39, 0.29) is 17.7 Å². The third kappa shape index (κ3) is 5.00. The largest absolute Gasteiger partial charge is 0.345 e. The molecule has 1 aliphatic carbocycles. The summed E-state index contributed by atoms with van der Waals surface area (Å²) in [6.45, 7) is 0.345. The third-order valence-corrected chi connectivity index (χ3v) is 3.76. The van der Waals surface area contributed by atoms with E-state index < -0.39 is 0 Å². The van der Waals surface area contributed by atoms with Gasteiger partial charge in [-0.05, 0) is 43.5 Å². The topological polar surface area (TPSA) is 49.4 Å². The Labute approximate surface area is 137 Å². The lowest BCUT2D eigenvalue weighted by molar-refractivity contribution is -0.124. The fourth-order valence-corrected chi connectivity index (χ4v) is 2.41. The highest BCUT2D eigenvalue weighted by Crippen LogP contribution is 2.17. The van der Waals surface area contributed by atoms with Crippen LogP contribution in [0.4, 0.5) is 0 Å². The maximum Gasteiger partial charge on any atom is 0.253 e. The van der Waals surface area contributed by atoms with Crippen molar-refractivity contribution in [2.45, 2.75) is 19.3 Å². The van der Waals surface area contributed by atoms with E-state index in [9.17, 15) is 9.59 Å². The van der Waals surface area contributed by atoms with Gasteiger partial charge in [0.25, 0.3) is 5.91 Å². The van der Waals surface area contributed by atoms with Crippen LogP contribution in [0.3, 0.4) is 0 Å². The minimum Gasteiger partial charge on any atom is -0.345 e. The molecule has 1 aromatic carbocycles. The summed E-state index contributed by atoms with van der Waals surface area (Å²) in [4.78, 5) is 25.3. The lowest BCUT2D eigenvalue weighted by atomic mass is 9.94. The Bertz CT molecular complexity index is 648. The molecule has 4 nitrogen and oxygen atoms in total. The average Bonchev–Trinajstić information content (AvgIpc) is 2.59. The first kappa shape index (κ1) is 16.8. The Morgan fingerprint density at radius 1 is 1.22 bits per heavy atom. The zero-order valence-electron chi connectivity index (χ0n) is 13.6. The van der Waals surface area contributed by atoms with Crippen LogP contribution in [-0.4, -0.2) is 37.4 Å². The summed E-state index contributed by atoms with van der Waals surface area (Å²) >= 11 is 0. The minimum absolute atomic E-state index is 0.0293. The van der Waals surface area contributed by atoms with E-state index in [1.165, 1.54) is 4.90 Å². The molecule has 4 heteroatoms. The van der Waals surface area contributed by atoms with Crippen molar-refractivity contribution in [1.29, 1.82) is 0 Å². The number of nitrogens with one attached hydrogen (secondary N) is 1. The Morgan fingerprint density at radius 3 is 2.57 bits per heavy atom. The maximum atomic E-state index is 11.9. The van der Waals surface area contributed by atoms with Gasteiger partial charge in [-0.3, -0.25) is 9.59 Å². The van der Waals surface area contributed by atoms with E-state index in [2.05, 4.69) is 29.3 Å². The Balaban J connectivity index is 1.83. The zero-order chi connectivity index (χ0) is 16.7. The highest BCUT2D eigenvalue weighted by atomic mass is 16.2. The second-order valence-corrected chi connectivity index (χ2v) is 5.78. The Kier molecular flexibility index (Phi) is 5.99. The van der Waals surface area contributed by atoms with Crippen LogP contribution in [0, 0.1) is 17.8 Å². The molecule has 0 fully saturated rings. The van der Waals surface area contributed by atoms with Crippen LogP contribution < -0.4 is 5.32 Å². The first-order valence-electron chi connectivity index (χ1n) is 7.81. The summed E-state index contributed by atoms with van der Waals surface area (Å²) in [5.74, 6) is 6.07. The third-order valence-electron chi connectivity index (χ3n) is 3.76. The molecular formula is C19H22N2O2. The van der Waals surface area contributed by atoms with Crippen LogP contribution >= 0.6 is 0 Å². The molecule has 2 amide bonds. The number of hydrogen-bond acceptors (Lipinski definition) is 2. The molecule has 0 heterocycles. The summed E-state index contributed by atoms with van der Waals surface area (Å²) in [5, 5.41) is 2.86. The van der Waals surface area contributed by atoms with Gasteiger partial charge >= 0.3 is 0 Å². The van der Waals surface area contributed by atoms with Crippen molar-refractivity contribution in [3.8, 4) is 11.8 Å². The molecule has 1 aromatic rings. The van der Waals surface area contributed by atoms with Crippen molar-refractivity contribution in [2.24, 2.45) is 5.92 Å². The number of carbonyl (C=O) groups is 2. The number of nitrogens with zero attached hydrogens (tertiary/aromatic N) is 1. The number of allylic oxidation sites excluding steroid dienone is 2. The standard InChI is InChI=1S/C19H22N2O2/c1-21(2)19(23)17-12-10-15(11-13-17)7-6-14-20-18(22)16-8-4-3-5-9-16/h3-4,10-13,16H,5,8-9,14H2,1-2H3,(H,20,22). The van der Waals surface area contributed by atoms with Crippen molar-refractivity contribution in [3.05, 3.63) is 47.5 Å². The fraction of sp³-hybridized carbons (Fsp3) is 0.368. The van der Waals surface area contributed by atoms with Crippen LogP contribution in [0.25, 0.3) is 0 Å². The number of carbonyl (C=O) groups excluding carboxylic acids is 2. The van der Waals surface area contributed by atoms with Crippen LogP contribution in [-0.2, 0) is 4.79 Å². The van der Waals surface area contributed by atoms with Crippen LogP contribution in [0.15, 0.2) is 36.4 Å². The molecule has 0 aliphatic heterocycles. The van der Waals surface area contributed by atoms with E-state index >= 15 is 0 Å². The predicted octanol–water partition coefficient (Wildman–Crippen LogP) is 2.21. The second-order valence-electron chi connectivity index (χ2n) is 5.78. The van der Waals surface area contributed by atoms with E-state index in [4.69, 9.17) is 0 Å². The fourth-order valence-electron chi connectivity index (χ4n) is 2.41. The monoisotopic (exact) mass is 310 g/mol. The van der Waals surface area contributed by atoms with E-state index in [0.717, 1.165) is 24.8 Å². The van der Waals surface area contributed by atoms with Crippen molar-refractivity contribution >= 4 is 11.8 Å². The molecule has 0 aromatic heterocycles. The highest BCUT2D eigenvalue weighted by molar-refractivity contribution is 5.93. The van der Waals surface area contributed by atoms with Crippen LogP contribution in [0.5, 0.6) is 0 Å². The van der Waals surface area contributed by atoms with Gasteiger partial charge in [0.05, 0.1) is 6.54 Å². The molecule has 1 unspecified atom stereocenters.